The Labute approximate surface area is 135 Å². The zero-order valence-electron chi connectivity index (χ0n) is 12.2. The van der Waals surface area contributed by atoms with Crippen LogP contribution in [0, 0.1) is 0 Å². The van der Waals surface area contributed by atoms with Crippen LogP contribution >= 0.6 is 23.4 Å². The number of nitrogens with one attached hydrogen (secondary N) is 1. The molecule has 1 aromatic carbocycles. The first-order valence-corrected chi connectivity index (χ1v) is 8.85. The number of hydrogen-bond donors (Lipinski definition) is 1. The molecule has 0 saturated carbocycles. The van der Waals surface area contributed by atoms with Gasteiger partial charge < -0.3 is 10.2 Å². The maximum absolute atomic E-state index is 12.7. The van der Waals surface area contributed by atoms with Crippen molar-refractivity contribution in [3.63, 3.8) is 0 Å². The molecule has 1 aromatic rings. The highest BCUT2D eigenvalue weighted by atomic mass is 35.5. The lowest BCUT2D eigenvalue weighted by atomic mass is 10.1. The Morgan fingerprint density at radius 3 is 2.90 bits per heavy atom. The Bertz CT molecular complexity index is 525. The third-order valence-electron chi connectivity index (χ3n) is 4.32. The van der Waals surface area contributed by atoms with Crippen LogP contribution in [-0.2, 0) is 4.79 Å². The van der Waals surface area contributed by atoms with E-state index in [2.05, 4.69) is 5.32 Å². The van der Waals surface area contributed by atoms with Crippen molar-refractivity contribution in [2.45, 2.75) is 48.4 Å². The number of likely N-dealkylation sites (tertiary alicyclic amines) is 1. The molecule has 21 heavy (non-hydrogen) atoms. The van der Waals surface area contributed by atoms with Gasteiger partial charge in [-0.05, 0) is 38.3 Å². The summed E-state index contributed by atoms with van der Waals surface area (Å²) in [6.45, 7) is 3.70. The van der Waals surface area contributed by atoms with E-state index >= 15 is 0 Å². The zero-order chi connectivity index (χ0) is 14.8. The van der Waals surface area contributed by atoms with E-state index in [4.69, 9.17) is 11.6 Å². The van der Waals surface area contributed by atoms with Crippen LogP contribution in [-0.4, -0.2) is 41.2 Å². The molecule has 1 N–H and O–H groups in total. The molecular formula is C16H21ClN2OS. The van der Waals surface area contributed by atoms with Crippen LogP contribution in [0.4, 0.5) is 0 Å². The fraction of sp³-hybridized carbons (Fsp3) is 0.562. The Kier molecular flexibility index (Phi) is 4.77. The van der Waals surface area contributed by atoms with Crippen molar-refractivity contribution in [1.82, 2.24) is 10.2 Å². The Hall–Kier alpha value is -0.710. The summed E-state index contributed by atoms with van der Waals surface area (Å²) in [4.78, 5) is 15.7. The lowest BCUT2D eigenvalue weighted by Gasteiger charge is -2.27. The number of halogens is 1. The van der Waals surface area contributed by atoms with E-state index in [1.807, 2.05) is 36.1 Å². The molecule has 2 bridgehead atoms. The van der Waals surface area contributed by atoms with Gasteiger partial charge in [0.25, 0.3) is 0 Å². The first-order valence-electron chi connectivity index (χ1n) is 7.59. The quantitative estimate of drug-likeness (QED) is 0.867. The number of thioether (sulfide) groups is 1. The average Bonchev–Trinajstić information content (AvgIpc) is 2.80. The van der Waals surface area contributed by atoms with Gasteiger partial charge in [-0.25, -0.2) is 0 Å². The summed E-state index contributed by atoms with van der Waals surface area (Å²) < 4.78 is 0. The summed E-state index contributed by atoms with van der Waals surface area (Å²) in [5.41, 5.74) is 0. The Morgan fingerprint density at radius 1 is 1.33 bits per heavy atom. The van der Waals surface area contributed by atoms with Crippen molar-refractivity contribution in [2.75, 3.05) is 13.1 Å². The van der Waals surface area contributed by atoms with Gasteiger partial charge in [0, 0.05) is 30.1 Å². The molecule has 0 aliphatic carbocycles. The minimum Gasteiger partial charge on any atom is -0.340 e. The summed E-state index contributed by atoms with van der Waals surface area (Å²) >= 11 is 7.74. The standard InChI is InChI=1S/C16H21ClN2OS/c1-11(21-15-5-3-2-4-14(15)17)16(20)19-9-8-12-6-7-13(10-19)18-12/h2-5,11-13,18H,6-10H2,1H3. The van der Waals surface area contributed by atoms with Gasteiger partial charge in [0.2, 0.25) is 5.91 Å². The van der Waals surface area contributed by atoms with Crippen LogP contribution in [0.25, 0.3) is 0 Å². The second-order valence-corrected chi connectivity index (χ2v) is 7.69. The van der Waals surface area contributed by atoms with Crippen LogP contribution in [0.3, 0.4) is 0 Å². The van der Waals surface area contributed by atoms with Crippen molar-refractivity contribution in [3.05, 3.63) is 29.3 Å². The van der Waals surface area contributed by atoms with Gasteiger partial charge in [-0.15, -0.1) is 11.8 Å². The van der Waals surface area contributed by atoms with Gasteiger partial charge >= 0.3 is 0 Å². The molecule has 2 saturated heterocycles. The van der Waals surface area contributed by atoms with Crippen LogP contribution in [0.15, 0.2) is 29.2 Å². The predicted octanol–water partition coefficient (Wildman–Crippen LogP) is 3.17. The van der Waals surface area contributed by atoms with Crippen LogP contribution < -0.4 is 5.32 Å². The second kappa shape index (κ2) is 6.59. The van der Waals surface area contributed by atoms with Crippen molar-refractivity contribution >= 4 is 29.3 Å². The number of nitrogens with zero attached hydrogens (tertiary/aromatic N) is 1. The lowest BCUT2D eigenvalue weighted by molar-refractivity contribution is -0.130. The maximum Gasteiger partial charge on any atom is 0.235 e. The highest BCUT2D eigenvalue weighted by molar-refractivity contribution is 8.00. The maximum atomic E-state index is 12.7. The normalized spacial score (nSPS) is 26.5. The molecule has 2 fully saturated rings. The predicted molar refractivity (Wildman–Crippen MR) is 87.9 cm³/mol. The third kappa shape index (κ3) is 3.55. The first-order chi connectivity index (χ1) is 10.1. The number of carbonyl (C=O) groups excluding carboxylic acids is 1. The van der Waals surface area contributed by atoms with E-state index < -0.39 is 0 Å². The van der Waals surface area contributed by atoms with Gasteiger partial charge in [-0.1, -0.05) is 23.7 Å². The summed E-state index contributed by atoms with van der Waals surface area (Å²) in [6.07, 6.45) is 3.53. The summed E-state index contributed by atoms with van der Waals surface area (Å²) in [5.74, 6) is 0.231. The van der Waals surface area contributed by atoms with Crippen molar-refractivity contribution in [2.24, 2.45) is 0 Å². The SMILES string of the molecule is CC(Sc1ccccc1Cl)C(=O)N1CCC2CCC(C1)N2. The topological polar surface area (TPSA) is 32.3 Å². The third-order valence-corrected chi connectivity index (χ3v) is 5.93. The number of carbonyl (C=O) groups is 1. The van der Waals surface area contributed by atoms with E-state index in [1.165, 1.54) is 12.8 Å². The molecule has 2 aliphatic rings. The number of amides is 1. The lowest BCUT2D eigenvalue weighted by Crippen LogP contribution is -2.42. The molecule has 3 atom stereocenters. The fourth-order valence-corrected chi connectivity index (χ4v) is 4.42. The molecule has 3 rings (SSSR count). The van der Waals surface area contributed by atoms with Gasteiger partial charge in [-0.2, -0.15) is 0 Å². The molecule has 3 nitrogen and oxygen atoms in total. The second-order valence-electron chi connectivity index (χ2n) is 5.90. The van der Waals surface area contributed by atoms with Gasteiger partial charge in [0.05, 0.1) is 10.3 Å². The molecule has 5 heteroatoms. The minimum absolute atomic E-state index is 0.0958. The minimum atomic E-state index is -0.0958. The van der Waals surface area contributed by atoms with Crippen molar-refractivity contribution in [1.29, 1.82) is 0 Å². The molecule has 2 aliphatic heterocycles. The van der Waals surface area contributed by atoms with Crippen molar-refractivity contribution < 1.29 is 4.79 Å². The van der Waals surface area contributed by atoms with Crippen molar-refractivity contribution in [3.8, 4) is 0 Å². The fourth-order valence-electron chi connectivity index (χ4n) is 3.18. The van der Waals surface area contributed by atoms with E-state index in [1.54, 1.807) is 11.8 Å². The van der Waals surface area contributed by atoms with Gasteiger partial charge in [0.15, 0.2) is 0 Å². The summed E-state index contributed by atoms with van der Waals surface area (Å²) in [6, 6.07) is 8.81. The van der Waals surface area contributed by atoms with Crippen LogP contribution in [0.1, 0.15) is 26.2 Å². The smallest absolute Gasteiger partial charge is 0.235 e. The first kappa shape index (κ1) is 15.2. The van der Waals surface area contributed by atoms with Crippen LogP contribution in [0.2, 0.25) is 5.02 Å². The highest BCUT2D eigenvalue weighted by Gasteiger charge is 2.32. The molecular weight excluding hydrogens is 304 g/mol. The number of benzene rings is 1. The molecule has 0 spiro atoms. The summed E-state index contributed by atoms with van der Waals surface area (Å²) in [5, 5.41) is 4.24. The molecule has 2 heterocycles. The molecule has 114 valence electrons. The summed E-state index contributed by atoms with van der Waals surface area (Å²) in [7, 11) is 0. The van der Waals surface area contributed by atoms with Crippen LogP contribution in [0.5, 0.6) is 0 Å². The monoisotopic (exact) mass is 324 g/mol. The Morgan fingerprint density at radius 2 is 2.10 bits per heavy atom. The van der Waals surface area contributed by atoms with E-state index in [-0.39, 0.29) is 11.2 Å². The number of fused-ring (bicyclic) bond motifs is 2. The Balaban J connectivity index is 1.63. The number of hydrogen-bond acceptors (Lipinski definition) is 3. The number of rotatable bonds is 3. The molecule has 3 unspecified atom stereocenters. The largest absolute Gasteiger partial charge is 0.340 e. The molecule has 0 radical (unpaired) electrons. The highest BCUT2D eigenvalue weighted by Crippen LogP contribution is 2.31. The van der Waals surface area contributed by atoms with E-state index in [0.717, 1.165) is 29.4 Å². The average molecular weight is 325 g/mol. The molecule has 0 aromatic heterocycles. The molecule has 1 amide bonds. The zero-order valence-corrected chi connectivity index (χ0v) is 13.8. The van der Waals surface area contributed by atoms with E-state index in [9.17, 15) is 4.79 Å². The van der Waals surface area contributed by atoms with Gasteiger partial charge in [-0.3, -0.25) is 4.79 Å². The van der Waals surface area contributed by atoms with E-state index in [0.29, 0.717) is 12.1 Å². The van der Waals surface area contributed by atoms with Gasteiger partial charge in [0.1, 0.15) is 0 Å².